The van der Waals surface area contributed by atoms with Crippen LogP contribution in [0.1, 0.15) is 10.6 Å². The van der Waals surface area contributed by atoms with Gasteiger partial charge in [-0.15, -0.1) is 0 Å². The molecule has 0 radical (unpaired) electrons. The minimum atomic E-state index is -0.184. The van der Waals surface area contributed by atoms with Crippen LogP contribution >= 0.6 is 0 Å². The van der Waals surface area contributed by atoms with Crippen LogP contribution in [-0.2, 0) is 0 Å². The molecule has 5 heteroatoms. The Hall–Kier alpha value is -2.43. The van der Waals surface area contributed by atoms with E-state index in [0.717, 1.165) is 24.5 Å². The minimum Gasteiger partial charge on any atom is -0.490 e. The Bertz CT molecular complexity index is 581. The third-order valence-corrected chi connectivity index (χ3v) is 3.24. The summed E-state index contributed by atoms with van der Waals surface area (Å²) in [6.45, 7) is 2.80. The van der Waals surface area contributed by atoms with Gasteiger partial charge < -0.3 is 19.4 Å². The zero-order valence-electron chi connectivity index (χ0n) is 11.0. The highest BCUT2D eigenvalue weighted by atomic mass is 16.5. The number of nitrogens with one attached hydrogen (secondary N) is 1. The van der Waals surface area contributed by atoms with Crippen molar-refractivity contribution in [3.05, 3.63) is 48.4 Å². The standard InChI is InChI=1S/C15H16N2O3/c18-15(14-6-3-10-19-14)16-7-8-17-9-11-20-13-5-2-1-4-12(13)17/h1-6,10H,7-9,11H2,(H,16,18). The van der Waals surface area contributed by atoms with Crippen LogP contribution in [0.3, 0.4) is 0 Å². The Morgan fingerprint density at radius 1 is 1.25 bits per heavy atom. The summed E-state index contributed by atoms with van der Waals surface area (Å²) in [4.78, 5) is 14.0. The molecule has 5 nitrogen and oxygen atoms in total. The fourth-order valence-corrected chi connectivity index (χ4v) is 2.26. The zero-order chi connectivity index (χ0) is 13.8. The average molecular weight is 272 g/mol. The second-order valence-electron chi connectivity index (χ2n) is 4.54. The molecule has 1 aliphatic rings. The smallest absolute Gasteiger partial charge is 0.287 e. The van der Waals surface area contributed by atoms with E-state index in [2.05, 4.69) is 10.2 Å². The highest BCUT2D eigenvalue weighted by Crippen LogP contribution is 2.30. The van der Waals surface area contributed by atoms with Gasteiger partial charge in [0, 0.05) is 13.1 Å². The van der Waals surface area contributed by atoms with Crippen molar-refractivity contribution >= 4 is 11.6 Å². The van der Waals surface area contributed by atoms with Crippen molar-refractivity contribution in [3.8, 4) is 5.75 Å². The van der Waals surface area contributed by atoms with Gasteiger partial charge in [0.2, 0.25) is 0 Å². The summed E-state index contributed by atoms with van der Waals surface area (Å²) in [5, 5.41) is 2.85. The van der Waals surface area contributed by atoms with Crippen LogP contribution in [0.2, 0.25) is 0 Å². The molecule has 0 atom stereocenters. The van der Waals surface area contributed by atoms with Gasteiger partial charge in [-0.3, -0.25) is 4.79 Å². The second kappa shape index (κ2) is 5.69. The number of furan rings is 1. The summed E-state index contributed by atoms with van der Waals surface area (Å²) in [7, 11) is 0. The summed E-state index contributed by atoms with van der Waals surface area (Å²) in [6, 6.07) is 11.3. The van der Waals surface area contributed by atoms with Crippen molar-refractivity contribution in [2.75, 3.05) is 31.1 Å². The molecule has 0 bridgehead atoms. The molecule has 1 aliphatic heterocycles. The van der Waals surface area contributed by atoms with Gasteiger partial charge in [-0.2, -0.15) is 0 Å². The molecule has 1 N–H and O–H groups in total. The van der Waals surface area contributed by atoms with Crippen LogP contribution in [0.25, 0.3) is 0 Å². The largest absolute Gasteiger partial charge is 0.490 e. The summed E-state index contributed by atoms with van der Waals surface area (Å²) in [6.07, 6.45) is 1.49. The van der Waals surface area contributed by atoms with Crippen molar-refractivity contribution in [2.24, 2.45) is 0 Å². The Morgan fingerprint density at radius 3 is 3.00 bits per heavy atom. The van der Waals surface area contributed by atoms with E-state index in [4.69, 9.17) is 9.15 Å². The molecule has 0 unspecified atom stereocenters. The second-order valence-corrected chi connectivity index (χ2v) is 4.54. The molecule has 2 aromatic rings. The number of anilines is 1. The Labute approximate surface area is 117 Å². The molecule has 0 fully saturated rings. The van der Waals surface area contributed by atoms with Gasteiger partial charge in [0.25, 0.3) is 5.91 Å². The lowest BCUT2D eigenvalue weighted by molar-refractivity contribution is 0.0927. The van der Waals surface area contributed by atoms with Gasteiger partial charge in [-0.05, 0) is 24.3 Å². The van der Waals surface area contributed by atoms with E-state index in [1.807, 2.05) is 24.3 Å². The molecule has 20 heavy (non-hydrogen) atoms. The molecule has 0 spiro atoms. The molecular formula is C15H16N2O3. The minimum absolute atomic E-state index is 0.184. The summed E-state index contributed by atoms with van der Waals surface area (Å²) in [5.41, 5.74) is 1.07. The first-order chi connectivity index (χ1) is 9.84. The van der Waals surface area contributed by atoms with Crippen molar-refractivity contribution in [1.29, 1.82) is 0 Å². The maximum atomic E-state index is 11.7. The quantitative estimate of drug-likeness (QED) is 0.923. The number of nitrogens with zero attached hydrogens (tertiary/aromatic N) is 1. The van der Waals surface area contributed by atoms with E-state index < -0.39 is 0 Å². The van der Waals surface area contributed by atoms with Crippen LogP contribution in [0.15, 0.2) is 47.1 Å². The topological polar surface area (TPSA) is 54.7 Å². The summed E-state index contributed by atoms with van der Waals surface area (Å²) < 4.78 is 10.6. The van der Waals surface area contributed by atoms with Gasteiger partial charge >= 0.3 is 0 Å². The number of hydrogen-bond donors (Lipinski definition) is 1. The summed E-state index contributed by atoms with van der Waals surface area (Å²) in [5.74, 6) is 1.06. The highest BCUT2D eigenvalue weighted by Gasteiger charge is 2.17. The lowest BCUT2D eigenvalue weighted by Crippen LogP contribution is -2.39. The molecule has 104 valence electrons. The SMILES string of the molecule is O=C(NCCN1CCOc2ccccc21)c1ccco1. The van der Waals surface area contributed by atoms with Gasteiger partial charge in [0.1, 0.15) is 12.4 Å². The Balaban J connectivity index is 1.56. The molecular weight excluding hydrogens is 256 g/mol. The van der Waals surface area contributed by atoms with E-state index >= 15 is 0 Å². The Morgan fingerprint density at radius 2 is 2.15 bits per heavy atom. The first kappa shape index (κ1) is 12.6. The van der Waals surface area contributed by atoms with Crippen molar-refractivity contribution in [1.82, 2.24) is 5.32 Å². The number of amides is 1. The average Bonchev–Trinajstić information content (AvgIpc) is 3.02. The van der Waals surface area contributed by atoms with Gasteiger partial charge in [0.15, 0.2) is 5.76 Å². The van der Waals surface area contributed by atoms with Crippen molar-refractivity contribution < 1.29 is 13.9 Å². The number of rotatable bonds is 4. The lowest BCUT2D eigenvalue weighted by Gasteiger charge is -2.31. The monoisotopic (exact) mass is 272 g/mol. The number of carbonyl (C=O) groups excluding carboxylic acids is 1. The maximum absolute atomic E-state index is 11.7. The number of fused-ring (bicyclic) bond motifs is 1. The van der Waals surface area contributed by atoms with Crippen LogP contribution in [-0.4, -0.2) is 32.1 Å². The van der Waals surface area contributed by atoms with Crippen LogP contribution in [0, 0.1) is 0 Å². The first-order valence-electron chi connectivity index (χ1n) is 6.63. The predicted molar refractivity (Wildman–Crippen MR) is 75.2 cm³/mol. The fraction of sp³-hybridized carbons (Fsp3) is 0.267. The third-order valence-electron chi connectivity index (χ3n) is 3.24. The number of para-hydroxylation sites is 2. The van der Waals surface area contributed by atoms with E-state index in [9.17, 15) is 4.79 Å². The highest BCUT2D eigenvalue weighted by molar-refractivity contribution is 5.91. The van der Waals surface area contributed by atoms with Gasteiger partial charge in [-0.25, -0.2) is 0 Å². The molecule has 0 aliphatic carbocycles. The normalized spacial score (nSPS) is 13.5. The molecule has 0 saturated carbocycles. The number of benzene rings is 1. The molecule has 3 rings (SSSR count). The number of carbonyl (C=O) groups is 1. The van der Waals surface area contributed by atoms with Crippen LogP contribution in [0.4, 0.5) is 5.69 Å². The number of hydrogen-bond acceptors (Lipinski definition) is 4. The first-order valence-corrected chi connectivity index (χ1v) is 6.63. The Kier molecular flexibility index (Phi) is 3.58. The fourth-order valence-electron chi connectivity index (χ4n) is 2.26. The predicted octanol–water partition coefficient (Wildman–Crippen LogP) is 1.91. The molecule has 1 aromatic heterocycles. The molecule has 1 amide bonds. The lowest BCUT2D eigenvalue weighted by atomic mass is 10.2. The number of ether oxygens (including phenoxy) is 1. The van der Waals surface area contributed by atoms with E-state index in [0.29, 0.717) is 18.9 Å². The third kappa shape index (κ3) is 2.61. The molecule has 1 aromatic carbocycles. The van der Waals surface area contributed by atoms with E-state index in [1.165, 1.54) is 6.26 Å². The van der Waals surface area contributed by atoms with E-state index in [-0.39, 0.29) is 5.91 Å². The van der Waals surface area contributed by atoms with Crippen LogP contribution in [0.5, 0.6) is 5.75 Å². The molecule has 2 heterocycles. The zero-order valence-corrected chi connectivity index (χ0v) is 11.0. The maximum Gasteiger partial charge on any atom is 0.287 e. The van der Waals surface area contributed by atoms with Crippen LogP contribution < -0.4 is 15.0 Å². The van der Waals surface area contributed by atoms with Crippen molar-refractivity contribution in [2.45, 2.75) is 0 Å². The van der Waals surface area contributed by atoms with Gasteiger partial charge in [0.05, 0.1) is 18.5 Å². The van der Waals surface area contributed by atoms with Gasteiger partial charge in [-0.1, -0.05) is 12.1 Å². The van der Waals surface area contributed by atoms with Crippen molar-refractivity contribution in [3.63, 3.8) is 0 Å². The summed E-state index contributed by atoms with van der Waals surface area (Å²) >= 11 is 0. The van der Waals surface area contributed by atoms with E-state index in [1.54, 1.807) is 12.1 Å². The molecule has 0 saturated heterocycles.